The molecule has 0 atom stereocenters. The number of carbonyl (C=O) groups is 2. The second-order valence-electron chi connectivity index (χ2n) is 6.20. The number of esters is 1. The molecule has 0 heterocycles. The molecule has 0 aliphatic rings. The number of benzene rings is 2. The Morgan fingerprint density at radius 1 is 0.964 bits per heavy atom. The Hall–Kier alpha value is -2.55. The molecule has 0 amide bonds. The number of ketones is 1. The molecule has 0 radical (unpaired) electrons. The normalized spacial score (nSPS) is 11.2. The van der Waals surface area contributed by atoms with Gasteiger partial charge in [0.2, 0.25) is 0 Å². The fraction of sp³-hybridized carbons (Fsp3) is 0.300. The smallest absolute Gasteiger partial charge is 0.306 e. The highest BCUT2D eigenvalue weighted by atomic mass is 32.2. The lowest BCUT2D eigenvalue weighted by molar-refractivity contribution is -0.144. The zero-order chi connectivity index (χ0) is 20.6. The summed E-state index contributed by atoms with van der Waals surface area (Å²) in [4.78, 5) is 24.4. The monoisotopic (exact) mass is 404 g/mol. The molecule has 0 aromatic heterocycles. The second-order valence-corrected chi connectivity index (χ2v) is 8.31. The van der Waals surface area contributed by atoms with Gasteiger partial charge >= 0.3 is 5.97 Å². The second kappa shape index (κ2) is 10.1. The summed E-state index contributed by atoms with van der Waals surface area (Å²) in [5, 5.41) is 0. The third kappa shape index (κ3) is 5.98. The van der Waals surface area contributed by atoms with Gasteiger partial charge in [0.1, 0.15) is 6.61 Å². The Morgan fingerprint density at radius 3 is 2.32 bits per heavy atom. The lowest BCUT2D eigenvalue weighted by Crippen LogP contribution is -2.17. The summed E-state index contributed by atoms with van der Waals surface area (Å²) in [7, 11) is -3.51. The molecule has 7 nitrogen and oxygen atoms in total. The standard InChI is InChI=1S/C20H24N2O5S/c21-10-11-28(25,26)17-6-7-18(16(12-17)13-22)19(23)8-9-20(24)27-14-15-4-2-1-3-5-15/h1-7,12H,8-11,13-14,21-22H2. The van der Waals surface area contributed by atoms with Gasteiger partial charge < -0.3 is 16.2 Å². The average molecular weight is 404 g/mol. The molecule has 150 valence electrons. The van der Waals surface area contributed by atoms with Crippen LogP contribution in [0.5, 0.6) is 0 Å². The van der Waals surface area contributed by atoms with E-state index in [-0.39, 0.29) is 49.0 Å². The Bertz CT molecular complexity index is 927. The van der Waals surface area contributed by atoms with Crippen molar-refractivity contribution in [2.45, 2.75) is 30.9 Å². The maximum atomic E-state index is 12.5. The number of nitrogens with two attached hydrogens (primary N) is 2. The molecule has 0 unspecified atom stereocenters. The Balaban J connectivity index is 1.98. The minimum atomic E-state index is -3.51. The van der Waals surface area contributed by atoms with Gasteiger partial charge in [-0.15, -0.1) is 0 Å². The maximum Gasteiger partial charge on any atom is 0.306 e. The zero-order valence-corrected chi connectivity index (χ0v) is 16.3. The van der Waals surface area contributed by atoms with Gasteiger partial charge in [0.25, 0.3) is 0 Å². The quantitative estimate of drug-likeness (QED) is 0.454. The number of Topliss-reactive ketones (excluding diaryl/α,β-unsaturated/α-hetero) is 1. The molecule has 28 heavy (non-hydrogen) atoms. The van der Waals surface area contributed by atoms with Crippen LogP contribution in [0.4, 0.5) is 0 Å². The van der Waals surface area contributed by atoms with E-state index in [0.29, 0.717) is 11.1 Å². The summed E-state index contributed by atoms with van der Waals surface area (Å²) < 4.78 is 29.4. The van der Waals surface area contributed by atoms with E-state index in [2.05, 4.69) is 0 Å². The molecule has 2 rings (SSSR count). The molecule has 0 aliphatic heterocycles. The number of hydrogen-bond donors (Lipinski definition) is 2. The minimum absolute atomic E-state index is 0.00547. The summed E-state index contributed by atoms with van der Waals surface area (Å²) in [6, 6.07) is 13.4. The van der Waals surface area contributed by atoms with E-state index in [1.807, 2.05) is 30.3 Å². The van der Waals surface area contributed by atoms with Crippen molar-refractivity contribution < 1.29 is 22.7 Å². The van der Waals surface area contributed by atoms with Crippen LogP contribution in [-0.4, -0.2) is 32.5 Å². The van der Waals surface area contributed by atoms with Gasteiger partial charge in [-0.3, -0.25) is 9.59 Å². The lowest BCUT2D eigenvalue weighted by atomic mass is 10.0. The van der Waals surface area contributed by atoms with Crippen molar-refractivity contribution in [2.24, 2.45) is 11.5 Å². The van der Waals surface area contributed by atoms with Crippen molar-refractivity contribution in [3.63, 3.8) is 0 Å². The van der Waals surface area contributed by atoms with Gasteiger partial charge in [0.05, 0.1) is 17.1 Å². The van der Waals surface area contributed by atoms with Crippen LogP contribution in [0, 0.1) is 0 Å². The molecule has 2 aromatic rings. The third-order valence-electron chi connectivity index (χ3n) is 4.14. The number of sulfone groups is 1. The molecule has 8 heteroatoms. The van der Waals surface area contributed by atoms with Crippen LogP contribution in [0.25, 0.3) is 0 Å². The Morgan fingerprint density at radius 2 is 1.68 bits per heavy atom. The molecule has 4 N–H and O–H groups in total. The van der Waals surface area contributed by atoms with Crippen molar-refractivity contribution in [2.75, 3.05) is 12.3 Å². The van der Waals surface area contributed by atoms with Crippen LogP contribution < -0.4 is 11.5 Å². The van der Waals surface area contributed by atoms with Gasteiger partial charge in [0.15, 0.2) is 15.6 Å². The fourth-order valence-electron chi connectivity index (χ4n) is 2.64. The maximum absolute atomic E-state index is 12.5. The van der Waals surface area contributed by atoms with Gasteiger partial charge in [-0.2, -0.15) is 0 Å². The fourth-order valence-corrected chi connectivity index (χ4v) is 3.78. The molecule has 0 fully saturated rings. The molecule has 2 aromatic carbocycles. The first-order chi connectivity index (χ1) is 13.4. The van der Waals surface area contributed by atoms with Crippen molar-refractivity contribution >= 4 is 21.6 Å². The van der Waals surface area contributed by atoms with Crippen LogP contribution in [0.3, 0.4) is 0 Å². The number of ether oxygens (including phenoxy) is 1. The Labute approximate surface area is 164 Å². The molecular weight excluding hydrogens is 380 g/mol. The van der Waals surface area contributed by atoms with E-state index < -0.39 is 15.8 Å². The highest BCUT2D eigenvalue weighted by molar-refractivity contribution is 7.91. The summed E-state index contributed by atoms with van der Waals surface area (Å²) in [6.45, 7) is 0.160. The van der Waals surface area contributed by atoms with Crippen molar-refractivity contribution in [3.8, 4) is 0 Å². The Kier molecular flexibility index (Phi) is 7.86. The summed E-state index contributed by atoms with van der Waals surface area (Å²) in [6.07, 6.45) is -0.113. The van der Waals surface area contributed by atoms with Crippen molar-refractivity contribution in [1.29, 1.82) is 0 Å². The van der Waals surface area contributed by atoms with E-state index >= 15 is 0 Å². The molecule has 0 saturated carbocycles. The largest absolute Gasteiger partial charge is 0.461 e. The molecule has 0 bridgehead atoms. The summed E-state index contributed by atoms with van der Waals surface area (Å²) in [5.41, 5.74) is 12.6. The van der Waals surface area contributed by atoms with E-state index in [1.54, 1.807) is 0 Å². The van der Waals surface area contributed by atoms with Crippen molar-refractivity contribution in [3.05, 3.63) is 65.2 Å². The van der Waals surface area contributed by atoms with Crippen LogP contribution in [0.1, 0.15) is 34.3 Å². The van der Waals surface area contributed by atoms with E-state index in [4.69, 9.17) is 16.2 Å². The average Bonchev–Trinajstić information content (AvgIpc) is 2.70. The highest BCUT2D eigenvalue weighted by Gasteiger charge is 2.18. The first kappa shape index (κ1) is 21.7. The lowest BCUT2D eigenvalue weighted by Gasteiger charge is -2.10. The number of hydrogen-bond acceptors (Lipinski definition) is 7. The van der Waals surface area contributed by atoms with E-state index in [9.17, 15) is 18.0 Å². The van der Waals surface area contributed by atoms with Gasteiger partial charge in [-0.05, 0) is 29.3 Å². The van der Waals surface area contributed by atoms with E-state index in [0.717, 1.165) is 5.56 Å². The summed E-state index contributed by atoms with van der Waals surface area (Å²) in [5.74, 6) is -0.953. The van der Waals surface area contributed by atoms with E-state index in [1.165, 1.54) is 18.2 Å². The number of rotatable bonds is 10. The zero-order valence-electron chi connectivity index (χ0n) is 15.5. The van der Waals surface area contributed by atoms with Crippen LogP contribution >= 0.6 is 0 Å². The van der Waals surface area contributed by atoms with Crippen LogP contribution in [0.15, 0.2) is 53.4 Å². The minimum Gasteiger partial charge on any atom is -0.461 e. The molecule has 0 saturated heterocycles. The van der Waals surface area contributed by atoms with Crippen LogP contribution in [0.2, 0.25) is 0 Å². The molecule has 0 spiro atoms. The third-order valence-corrected chi connectivity index (χ3v) is 5.89. The summed E-state index contributed by atoms with van der Waals surface area (Å²) >= 11 is 0. The SMILES string of the molecule is NCCS(=O)(=O)c1ccc(C(=O)CCC(=O)OCc2ccccc2)c(CN)c1. The molecular formula is C20H24N2O5S. The van der Waals surface area contributed by atoms with Crippen molar-refractivity contribution in [1.82, 2.24) is 0 Å². The highest BCUT2D eigenvalue weighted by Crippen LogP contribution is 2.19. The predicted octanol–water partition coefficient (Wildman–Crippen LogP) is 1.58. The first-order valence-electron chi connectivity index (χ1n) is 8.86. The number of carbonyl (C=O) groups excluding carboxylic acids is 2. The molecule has 0 aliphatic carbocycles. The van der Waals surface area contributed by atoms with Gasteiger partial charge in [-0.1, -0.05) is 30.3 Å². The van der Waals surface area contributed by atoms with Crippen LogP contribution in [-0.2, 0) is 32.5 Å². The van der Waals surface area contributed by atoms with Gasteiger partial charge in [-0.25, -0.2) is 8.42 Å². The topological polar surface area (TPSA) is 130 Å². The predicted molar refractivity (Wildman–Crippen MR) is 105 cm³/mol. The first-order valence-corrected chi connectivity index (χ1v) is 10.5. The van der Waals surface area contributed by atoms with Gasteiger partial charge in [0, 0.05) is 25.1 Å².